The molecule has 1 aliphatic heterocycles. The molecular formula is C17H23F3N4O2. The Kier molecular flexibility index (Phi) is 4.54. The van der Waals surface area contributed by atoms with Crippen molar-refractivity contribution in [3.8, 4) is 0 Å². The first-order valence-corrected chi connectivity index (χ1v) is 8.68. The number of hydrazine groups is 1. The molecule has 1 aromatic heterocycles. The van der Waals surface area contributed by atoms with Gasteiger partial charge in [-0.3, -0.25) is 0 Å². The quantitative estimate of drug-likeness (QED) is 0.794. The van der Waals surface area contributed by atoms with Gasteiger partial charge in [-0.2, -0.15) is 18.2 Å². The molecule has 144 valence electrons. The van der Waals surface area contributed by atoms with Crippen LogP contribution in [0.5, 0.6) is 0 Å². The fourth-order valence-corrected chi connectivity index (χ4v) is 3.90. The summed E-state index contributed by atoms with van der Waals surface area (Å²) in [4.78, 5) is 16.2. The minimum absolute atomic E-state index is 0.0279. The van der Waals surface area contributed by atoms with E-state index in [1.165, 1.54) is 5.01 Å². The number of carbonyl (C=O) groups is 1. The molecule has 26 heavy (non-hydrogen) atoms. The first-order chi connectivity index (χ1) is 12.1. The number of carbonyl (C=O) groups excluding carboxylic acids is 1. The van der Waals surface area contributed by atoms with Gasteiger partial charge in [0, 0.05) is 24.7 Å². The number of nitrogens with two attached hydrogens (primary N) is 1. The van der Waals surface area contributed by atoms with E-state index < -0.39 is 17.9 Å². The van der Waals surface area contributed by atoms with E-state index in [9.17, 15) is 18.0 Å². The number of aromatic nitrogens is 1. The number of hydrogen-bond donors (Lipinski definition) is 2. The molecule has 9 heteroatoms. The van der Waals surface area contributed by atoms with E-state index in [0.29, 0.717) is 24.1 Å². The molecule has 1 aliphatic carbocycles. The van der Waals surface area contributed by atoms with Gasteiger partial charge in [-0.25, -0.2) is 9.78 Å². The van der Waals surface area contributed by atoms with Crippen molar-refractivity contribution in [2.75, 3.05) is 18.2 Å². The SMILES string of the molecule is CC(C)CC1(OC(=O)C(F)(F)F)c2c3c(nc(N)c2NN1C)CCCC3. The number of nitrogens with zero attached hydrogens (tertiary/aromatic N) is 2. The first kappa shape index (κ1) is 18.8. The second-order valence-electron chi connectivity index (χ2n) is 7.32. The molecule has 0 fully saturated rings. The van der Waals surface area contributed by atoms with Crippen molar-refractivity contribution in [1.82, 2.24) is 9.99 Å². The summed E-state index contributed by atoms with van der Waals surface area (Å²) in [6.07, 6.45) is -1.65. The van der Waals surface area contributed by atoms with E-state index in [0.717, 1.165) is 24.1 Å². The van der Waals surface area contributed by atoms with Crippen molar-refractivity contribution in [3.63, 3.8) is 0 Å². The van der Waals surface area contributed by atoms with Crippen LogP contribution in [0.1, 0.15) is 49.9 Å². The number of fused-ring (bicyclic) bond motifs is 3. The van der Waals surface area contributed by atoms with E-state index in [1.54, 1.807) is 7.05 Å². The largest absolute Gasteiger partial charge is 0.491 e. The molecule has 3 N–H and O–H groups in total. The molecule has 0 saturated heterocycles. The molecule has 0 spiro atoms. The standard InChI is InChI=1S/C17H23F3N4O2/c1-9(2)8-16(26-15(25)17(18,19)20)12-10-6-4-5-7-11(10)22-14(21)13(12)23-24(16)3/h9,23H,4-8H2,1-3H3,(H2,21,22). The smallest absolute Gasteiger partial charge is 0.431 e. The fraction of sp³-hybridized carbons (Fsp3) is 0.647. The zero-order chi connectivity index (χ0) is 19.3. The highest BCUT2D eigenvalue weighted by Crippen LogP contribution is 2.50. The molecule has 0 aromatic carbocycles. The number of rotatable bonds is 3. The topological polar surface area (TPSA) is 80.5 Å². The lowest BCUT2D eigenvalue weighted by molar-refractivity contribution is -0.231. The highest BCUT2D eigenvalue weighted by atomic mass is 19.4. The molecular weight excluding hydrogens is 349 g/mol. The predicted molar refractivity (Wildman–Crippen MR) is 90.0 cm³/mol. The molecule has 2 aliphatic rings. The van der Waals surface area contributed by atoms with Gasteiger partial charge in [-0.05, 0) is 37.2 Å². The zero-order valence-corrected chi connectivity index (χ0v) is 15.0. The molecule has 0 bridgehead atoms. The molecule has 0 saturated carbocycles. The second-order valence-corrected chi connectivity index (χ2v) is 7.32. The number of nitrogens with one attached hydrogen (secondary N) is 1. The van der Waals surface area contributed by atoms with E-state index in [-0.39, 0.29) is 18.2 Å². The molecule has 1 unspecified atom stereocenters. The Bertz CT molecular complexity index is 736. The van der Waals surface area contributed by atoms with Crippen molar-refractivity contribution < 1.29 is 22.7 Å². The normalized spacial score (nSPS) is 22.7. The van der Waals surface area contributed by atoms with Crippen LogP contribution < -0.4 is 11.2 Å². The summed E-state index contributed by atoms with van der Waals surface area (Å²) in [6.45, 7) is 3.73. The Morgan fingerprint density at radius 3 is 2.65 bits per heavy atom. The number of aryl methyl sites for hydroxylation is 1. The van der Waals surface area contributed by atoms with Crippen molar-refractivity contribution in [3.05, 3.63) is 16.8 Å². The lowest BCUT2D eigenvalue weighted by Gasteiger charge is -2.38. The Labute approximate surface area is 149 Å². The third-order valence-electron chi connectivity index (χ3n) is 4.89. The maximum absolute atomic E-state index is 13.0. The number of anilines is 2. The Morgan fingerprint density at radius 2 is 2.04 bits per heavy atom. The number of nitrogen functional groups attached to an aromatic ring is 1. The molecule has 6 nitrogen and oxygen atoms in total. The molecule has 1 aromatic rings. The van der Waals surface area contributed by atoms with Crippen LogP contribution in [-0.4, -0.2) is 29.2 Å². The monoisotopic (exact) mass is 372 g/mol. The van der Waals surface area contributed by atoms with Crippen LogP contribution in [0.15, 0.2) is 0 Å². The van der Waals surface area contributed by atoms with Crippen molar-refractivity contribution in [1.29, 1.82) is 0 Å². The van der Waals surface area contributed by atoms with E-state index in [2.05, 4.69) is 10.4 Å². The number of halogens is 3. The third-order valence-corrected chi connectivity index (χ3v) is 4.89. The summed E-state index contributed by atoms with van der Waals surface area (Å²) in [5.41, 5.74) is 10.0. The van der Waals surface area contributed by atoms with Crippen LogP contribution in [0.4, 0.5) is 24.7 Å². The number of pyridine rings is 1. The lowest BCUT2D eigenvalue weighted by Crippen LogP contribution is -2.48. The average molecular weight is 372 g/mol. The highest BCUT2D eigenvalue weighted by molar-refractivity contribution is 5.79. The Morgan fingerprint density at radius 1 is 1.38 bits per heavy atom. The van der Waals surface area contributed by atoms with Crippen LogP contribution in [0.25, 0.3) is 0 Å². The number of ether oxygens (including phenoxy) is 1. The van der Waals surface area contributed by atoms with Crippen molar-refractivity contribution in [2.24, 2.45) is 5.92 Å². The van der Waals surface area contributed by atoms with Crippen LogP contribution in [0.2, 0.25) is 0 Å². The number of esters is 1. The fourth-order valence-electron chi connectivity index (χ4n) is 3.90. The molecule has 0 amide bonds. The average Bonchev–Trinajstić information content (AvgIpc) is 2.80. The van der Waals surface area contributed by atoms with Crippen molar-refractivity contribution >= 4 is 17.5 Å². The minimum atomic E-state index is -5.08. The minimum Gasteiger partial charge on any atom is -0.431 e. The van der Waals surface area contributed by atoms with Gasteiger partial charge < -0.3 is 15.9 Å². The van der Waals surface area contributed by atoms with Gasteiger partial charge in [-0.15, -0.1) is 0 Å². The van der Waals surface area contributed by atoms with Gasteiger partial charge in [-0.1, -0.05) is 13.8 Å². The summed E-state index contributed by atoms with van der Waals surface area (Å²) < 4.78 is 44.1. The van der Waals surface area contributed by atoms with Gasteiger partial charge in [0.2, 0.25) is 5.72 Å². The van der Waals surface area contributed by atoms with Crippen LogP contribution in [-0.2, 0) is 28.1 Å². The summed E-state index contributed by atoms with van der Waals surface area (Å²) in [5, 5.41) is 1.41. The summed E-state index contributed by atoms with van der Waals surface area (Å²) in [7, 11) is 1.56. The maximum atomic E-state index is 13.0. The van der Waals surface area contributed by atoms with Crippen LogP contribution in [0, 0.1) is 5.92 Å². The molecule has 0 radical (unpaired) electrons. The summed E-state index contributed by atoms with van der Waals surface area (Å²) >= 11 is 0. The second kappa shape index (κ2) is 6.29. The van der Waals surface area contributed by atoms with Crippen LogP contribution in [0.3, 0.4) is 0 Å². The lowest BCUT2D eigenvalue weighted by atomic mass is 9.84. The van der Waals surface area contributed by atoms with Crippen molar-refractivity contribution in [2.45, 2.75) is 57.9 Å². The van der Waals surface area contributed by atoms with Crippen LogP contribution >= 0.6 is 0 Å². The zero-order valence-electron chi connectivity index (χ0n) is 15.0. The number of alkyl halides is 3. The summed E-state index contributed by atoms with van der Waals surface area (Å²) in [6, 6.07) is 0. The first-order valence-electron chi connectivity index (χ1n) is 8.68. The van der Waals surface area contributed by atoms with Gasteiger partial charge in [0.15, 0.2) is 0 Å². The van der Waals surface area contributed by atoms with Gasteiger partial charge in [0.05, 0.1) is 0 Å². The third kappa shape index (κ3) is 2.98. The summed E-state index contributed by atoms with van der Waals surface area (Å²) in [5.74, 6) is -2.03. The van der Waals surface area contributed by atoms with Gasteiger partial charge in [0.25, 0.3) is 0 Å². The Hall–Kier alpha value is -2.03. The predicted octanol–water partition coefficient (Wildman–Crippen LogP) is 3.12. The van der Waals surface area contributed by atoms with E-state index >= 15 is 0 Å². The molecule has 2 heterocycles. The Balaban J connectivity index is 2.20. The van der Waals surface area contributed by atoms with Gasteiger partial charge in [0.1, 0.15) is 11.5 Å². The molecule has 1 atom stereocenters. The van der Waals surface area contributed by atoms with E-state index in [4.69, 9.17) is 10.5 Å². The van der Waals surface area contributed by atoms with E-state index in [1.807, 2.05) is 13.8 Å². The number of hydrogen-bond acceptors (Lipinski definition) is 6. The maximum Gasteiger partial charge on any atom is 0.491 e. The molecule has 3 rings (SSSR count). The van der Waals surface area contributed by atoms with Gasteiger partial charge >= 0.3 is 12.1 Å². The highest BCUT2D eigenvalue weighted by Gasteiger charge is 2.55.